The van der Waals surface area contributed by atoms with Crippen molar-refractivity contribution < 1.29 is 9.59 Å². The summed E-state index contributed by atoms with van der Waals surface area (Å²) in [4.78, 5) is 29.0. The van der Waals surface area contributed by atoms with Crippen LogP contribution in [0, 0.1) is 25.7 Å². The van der Waals surface area contributed by atoms with Crippen LogP contribution < -0.4 is 5.32 Å². The Morgan fingerprint density at radius 2 is 1.85 bits per heavy atom. The lowest BCUT2D eigenvalue weighted by Crippen LogP contribution is -2.51. The lowest BCUT2D eigenvalue weighted by molar-refractivity contribution is -0.139. The van der Waals surface area contributed by atoms with Crippen LogP contribution in [0.3, 0.4) is 0 Å². The molecule has 5 heteroatoms. The van der Waals surface area contributed by atoms with E-state index < -0.39 is 0 Å². The minimum Gasteiger partial charge on any atom is -0.341 e. The minimum absolute atomic E-state index is 0.0961. The van der Waals surface area contributed by atoms with Crippen molar-refractivity contribution in [3.05, 3.63) is 29.3 Å². The topological polar surface area (TPSA) is 52.7 Å². The van der Waals surface area contributed by atoms with E-state index in [0.717, 1.165) is 29.9 Å². The van der Waals surface area contributed by atoms with E-state index in [9.17, 15) is 9.59 Å². The highest BCUT2D eigenvalue weighted by Crippen LogP contribution is 2.22. The average Bonchev–Trinajstić information content (AvgIpc) is 2.55. The summed E-state index contributed by atoms with van der Waals surface area (Å²) in [6, 6.07) is 5.69. The second-order valence-electron chi connectivity index (χ2n) is 8.15. The summed E-state index contributed by atoms with van der Waals surface area (Å²) >= 11 is 0. The van der Waals surface area contributed by atoms with Crippen LogP contribution in [-0.4, -0.2) is 54.3 Å². The Balaban J connectivity index is 1.93. The molecule has 0 aliphatic carbocycles. The molecule has 144 valence electrons. The van der Waals surface area contributed by atoms with Crippen LogP contribution in [0.15, 0.2) is 18.2 Å². The fraction of sp³-hybridized carbons (Fsp3) is 0.619. The van der Waals surface area contributed by atoms with E-state index in [1.807, 2.05) is 55.8 Å². The van der Waals surface area contributed by atoms with Crippen molar-refractivity contribution in [1.29, 1.82) is 0 Å². The highest BCUT2D eigenvalue weighted by Gasteiger charge is 2.30. The quantitative estimate of drug-likeness (QED) is 0.879. The number of aryl methyl sites for hydroxylation is 2. The van der Waals surface area contributed by atoms with Gasteiger partial charge in [0.15, 0.2) is 0 Å². The normalized spacial score (nSPS) is 21.6. The first-order chi connectivity index (χ1) is 12.2. The molecule has 2 rings (SSSR count). The number of likely N-dealkylation sites (N-methyl/N-ethyl adjacent to an activating group) is 1. The standard InChI is InChI=1S/C21H33N3O2/c1-14-7-8-17(4)19(10-14)22-20(25)13-23(6)18(5)21(26)24-11-15(2)9-16(3)12-24/h7-8,10,15-16,18H,9,11-13H2,1-6H3,(H,22,25)/t15-,16-,18-/m1/s1. The first-order valence-electron chi connectivity index (χ1n) is 9.53. The van der Waals surface area contributed by atoms with Gasteiger partial charge in [-0.1, -0.05) is 26.0 Å². The first-order valence-corrected chi connectivity index (χ1v) is 9.53. The van der Waals surface area contributed by atoms with Crippen molar-refractivity contribution in [3.63, 3.8) is 0 Å². The second-order valence-corrected chi connectivity index (χ2v) is 8.15. The summed E-state index contributed by atoms with van der Waals surface area (Å²) in [5, 5.41) is 2.96. The predicted molar refractivity (Wildman–Crippen MR) is 106 cm³/mol. The van der Waals surface area contributed by atoms with Crippen molar-refractivity contribution in [1.82, 2.24) is 9.80 Å². The molecule has 1 heterocycles. The van der Waals surface area contributed by atoms with Gasteiger partial charge in [-0.05, 0) is 63.3 Å². The van der Waals surface area contributed by atoms with E-state index in [-0.39, 0.29) is 24.4 Å². The van der Waals surface area contributed by atoms with Crippen LogP contribution in [0.4, 0.5) is 5.69 Å². The van der Waals surface area contributed by atoms with Gasteiger partial charge in [0.1, 0.15) is 0 Å². The van der Waals surface area contributed by atoms with Crippen LogP contribution in [0.2, 0.25) is 0 Å². The van der Waals surface area contributed by atoms with Gasteiger partial charge >= 0.3 is 0 Å². The Kier molecular flexibility index (Phi) is 6.81. The number of likely N-dealkylation sites (tertiary alicyclic amines) is 1. The smallest absolute Gasteiger partial charge is 0.239 e. The number of amides is 2. The lowest BCUT2D eigenvalue weighted by atomic mass is 9.91. The number of benzene rings is 1. The molecule has 26 heavy (non-hydrogen) atoms. The Hall–Kier alpha value is -1.88. The third-order valence-electron chi connectivity index (χ3n) is 5.26. The fourth-order valence-corrected chi connectivity index (χ4v) is 3.72. The molecule has 1 aliphatic heterocycles. The molecule has 0 saturated carbocycles. The van der Waals surface area contributed by atoms with Crippen LogP contribution in [0.5, 0.6) is 0 Å². The number of nitrogens with one attached hydrogen (secondary N) is 1. The number of hydrogen-bond acceptors (Lipinski definition) is 3. The largest absolute Gasteiger partial charge is 0.341 e. The van der Waals surface area contributed by atoms with E-state index in [0.29, 0.717) is 11.8 Å². The van der Waals surface area contributed by atoms with Gasteiger partial charge in [-0.2, -0.15) is 0 Å². The number of hydrogen-bond donors (Lipinski definition) is 1. The van der Waals surface area contributed by atoms with Crippen LogP contribution in [0.1, 0.15) is 38.3 Å². The first kappa shape index (κ1) is 20.4. The van der Waals surface area contributed by atoms with Gasteiger partial charge < -0.3 is 10.2 Å². The Morgan fingerprint density at radius 3 is 2.46 bits per heavy atom. The monoisotopic (exact) mass is 359 g/mol. The predicted octanol–water partition coefficient (Wildman–Crippen LogP) is 3.07. The molecular formula is C21H33N3O2. The number of carbonyl (C=O) groups excluding carboxylic acids is 2. The van der Waals surface area contributed by atoms with E-state index >= 15 is 0 Å². The van der Waals surface area contributed by atoms with Crippen molar-refractivity contribution in [2.75, 3.05) is 32.0 Å². The fourth-order valence-electron chi connectivity index (χ4n) is 3.72. The van der Waals surface area contributed by atoms with Gasteiger partial charge in [0.25, 0.3) is 0 Å². The lowest BCUT2D eigenvalue weighted by Gasteiger charge is -2.38. The molecule has 0 unspecified atom stereocenters. The van der Waals surface area contributed by atoms with Gasteiger partial charge in [-0.3, -0.25) is 14.5 Å². The Morgan fingerprint density at radius 1 is 1.23 bits per heavy atom. The summed E-state index contributed by atoms with van der Waals surface area (Å²) in [5.41, 5.74) is 2.98. The van der Waals surface area contributed by atoms with Crippen molar-refractivity contribution in [2.24, 2.45) is 11.8 Å². The Bertz CT molecular complexity index is 649. The van der Waals surface area contributed by atoms with Gasteiger partial charge in [-0.25, -0.2) is 0 Å². The molecule has 1 aliphatic rings. The molecule has 0 radical (unpaired) electrons. The number of carbonyl (C=O) groups is 2. The minimum atomic E-state index is -0.308. The SMILES string of the molecule is Cc1ccc(C)c(NC(=O)CN(C)[C@H](C)C(=O)N2C[C@H](C)C[C@@H](C)C2)c1. The van der Waals surface area contributed by atoms with Crippen molar-refractivity contribution in [3.8, 4) is 0 Å². The third-order valence-corrected chi connectivity index (χ3v) is 5.26. The zero-order valence-corrected chi connectivity index (χ0v) is 17.0. The number of nitrogens with zero attached hydrogens (tertiary/aromatic N) is 2. The summed E-state index contributed by atoms with van der Waals surface area (Å²) < 4.78 is 0. The zero-order chi connectivity index (χ0) is 19.4. The molecule has 2 amide bonds. The molecule has 1 aromatic carbocycles. The van der Waals surface area contributed by atoms with Gasteiger partial charge in [-0.15, -0.1) is 0 Å². The van der Waals surface area contributed by atoms with E-state index in [2.05, 4.69) is 19.2 Å². The maximum Gasteiger partial charge on any atom is 0.239 e. The number of rotatable bonds is 5. The van der Waals surface area contributed by atoms with Crippen LogP contribution in [0.25, 0.3) is 0 Å². The molecule has 1 saturated heterocycles. The highest BCUT2D eigenvalue weighted by atomic mass is 16.2. The highest BCUT2D eigenvalue weighted by molar-refractivity contribution is 5.93. The van der Waals surface area contributed by atoms with Gasteiger partial charge in [0.2, 0.25) is 11.8 Å². The van der Waals surface area contributed by atoms with E-state index in [4.69, 9.17) is 0 Å². The molecule has 1 aromatic rings. The third kappa shape index (κ3) is 5.31. The van der Waals surface area contributed by atoms with Crippen molar-refractivity contribution >= 4 is 17.5 Å². The van der Waals surface area contributed by atoms with E-state index in [1.54, 1.807) is 0 Å². The summed E-state index contributed by atoms with van der Waals surface area (Å²) in [6.07, 6.45) is 1.17. The molecule has 0 spiro atoms. The molecule has 5 nitrogen and oxygen atoms in total. The zero-order valence-electron chi connectivity index (χ0n) is 17.0. The molecule has 1 N–H and O–H groups in total. The summed E-state index contributed by atoms with van der Waals surface area (Å²) in [5.74, 6) is 1.09. The maximum absolute atomic E-state index is 12.8. The molecule has 3 atom stereocenters. The maximum atomic E-state index is 12.8. The molecule has 1 fully saturated rings. The Labute approximate surface area is 157 Å². The second kappa shape index (κ2) is 8.67. The number of piperidine rings is 1. The van der Waals surface area contributed by atoms with Crippen molar-refractivity contribution in [2.45, 2.75) is 47.1 Å². The van der Waals surface area contributed by atoms with E-state index in [1.165, 1.54) is 6.42 Å². The van der Waals surface area contributed by atoms with Gasteiger partial charge in [0, 0.05) is 18.8 Å². The molecule has 0 bridgehead atoms. The molecular weight excluding hydrogens is 326 g/mol. The average molecular weight is 360 g/mol. The summed E-state index contributed by atoms with van der Waals surface area (Å²) in [6.45, 7) is 12.1. The van der Waals surface area contributed by atoms with Crippen LogP contribution >= 0.6 is 0 Å². The number of anilines is 1. The van der Waals surface area contributed by atoms with Crippen LogP contribution in [-0.2, 0) is 9.59 Å². The van der Waals surface area contributed by atoms with Gasteiger partial charge in [0.05, 0.1) is 12.6 Å². The molecule has 0 aromatic heterocycles. The summed E-state index contributed by atoms with van der Waals surface area (Å²) in [7, 11) is 1.84.